The van der Waals surface area contributed by atoms with E-state index in [9.17, 15) is 39.6 Å². The summed E-state index contributed by atoms with van der Waals surface area (Å²) < 4.78 is 19.9. The Labute approximate surface area is 374 Å². The minimum absolute atomic E-state index is 0.0112. The predicted molar refractivity (Wildman–Crippen MR) is 239 cm³/mol. The minimum atomic E-state index is -1.59. The van der Waals surface area contributed by atoms with Crippen LogP contribution in [0.5, 0.6) is 5.75 Å². The van der Waals surface area contributed by atoms with Crippen LogP contribution in [0.4, 0.5) is 0 Å². The first-order valence-electron chi connectivity index (χ1n) is 21.8. The molecular formula is C46H58N4O11S2. The van der Waals surface area contributed by atoms with Crippen LogP contribution in [0.15, 0.2) is 73.8 Å². The van der Waals surface area contributed by atoms with Crippen LogP contribution in [0.1, 0.15) is 50.7 Å². The van der Waals surface area contributed by atoms with Crippen molar-refractivity contribution in [2.75, 3.05) is 52.3 Å². The number of fused-ring (bicyclic) bond motifs is 5. The lowest BCUT2D eigenvalue weighted by Gasteiger charge is -2.59. The topological polar surface area (TPSA) is 234 Å². The second-order valence-electron chi connectivity index (χ2n) is 17.9. The Balaban J connectivity index is 1.30. The molecule has 0 unspecified atom stereocenters. The van der Waals surface area contributed by atoms with E-state index < -0.39 is 41.2 Å². The third-order valence-corrected chi connectivity index (χ3v) is 17.3. The van der Waals surface area contributed by atoms with E-state index in [1.807, 2.05) is 30.2 Å². The van der Waals surface area contributed by atoms with Gasteiger partial charge in [-0.15, -0.1) is 0 Å². The number of benzene rings is 1. The molecule has 15 nitrogen and oxygen atoms in total. The van der Waals surface area contributed by atoms with Crippen LogP contribution < -0.4 is 26.7 Å². The number of nitrogens with two attached hydrogens (primary N) is 1. The number of aliphatic hydroxyl groups is 4. The summed E-state index contributed by atoms with van der Waals surface area (Å²) in [5.41, 5.74) is 6.98. The Kier molecular flexibility index (Phi) is 13.3. The maximum absolute atomic E-state index is 14.6. The van der Waals surface area contributed by atoms with Crippen molar-refractivity contribution in [3.63, 3.8) is 0 Å². The van der Waals surface area contributed by atoms with Gasteiger partial charge in [-0.1, -0.05) is 39.3 Å². The maximum Gasteiger partial charge on any atom is 0.339 e. The first kappa shape index (κ1) is 45.5. The van der Waals surface area contributed by atoms with Crippen LogP contribution in [-0.2, 0) is 32.0 Å². The first-order valence-corrected chi connectivity index (χ1v) is 24.2. The van der Waals surface area contributed by atoms with E-state index >= 15 is 0 Å². The zero-order chi connectivity index (χ0) is 44.8. The molecule has 4 aliphatic heterocycles. The summed E-state index contributed by atoms with van der Waals surface area (Å²) in [5, 5.41) is 48.0. The minimum Gasteiger partial charge on any atom is -0.481 e. The number of amides is 1. The smallest absolute Gasteiger partial charge is 0.339 e. The molecule has 2 fully saturated rings. The lowest BCUT2D eigenvalue weighted by Crippen LogP contribution is -2.71. The summed E-state index contributed by atoms with van der Waals surface area (Å²) in [5.74, 6) is -1.37. The number of allylic oxidation sites excluding steroid dienone is 2. The summed E-state index contributed by atoms with van der Waals surface area (Å²) in [4.78, 5) is 56.6. The van der Waals surface area contributed by atoms with Gasteiger partial charge in [0.25, 0.3) is 0 Å². The monoisotopic (exact) mass is 906 g/mol. The number of hydrogen-bond acceptors (Lipinski definition) is 16. The molecule has 63 heavy (non-hydrogen) atoms. The fourth-order valence-electron chi connectivity index (χ4n) is 11.2. The van der Waals surface area contributed by atoms with Crippen LogP contribution in [0.25, 0.3) is 11.0 Å². The summed E-state index contributed by atoms with van der Waals surface area (Å²) >= 11 is 0. The first-order chi connectivity index (χ1) is 30.4. The number of nitrogens with zero attached hydrogens (tertiary/aromatic N) is 1. The molecule has 10 atom stereocenters. The Morgan fingerprint density at radius 1 is 1.19 bits per heavy atom. The molecule has 0 radical (unpaired) electrons. The van der Waals surface area contributed by atoms with Crippen LogP contribution in [0, 0.1) is 29.6 Å². The number of carbonyl (C=O) groups is 3. The second-order valence-corrected chi connectivity index (χ2v) is 20.5. The van der Waals surface area contributed by atoms with Crippen molar-refractivity contribution >= 4 is 50.7 Å². The van der Waals surface area contributed by atoms with Gasteiger partial charge in [-0.3, -0.25) is 4.79 Å². The van der Waals surface area contributed by atoms with Gasteiger partial charge in [0.15, 0.2) is 11.2 Å². The highest BCUT2D eigenvalue weighted by Gasteiger charge is 2.67. The Hall–Kier alpha value is -4.10. The molecule has 1 saturated carbocycles. The molecule has 2 aliphatic carbocycles. The highest BCUT2D eigenvalue weighted by Crippen LogP contribution is 2.59. The van der Waals surface area contributed by atoms with Gasteiger partial charge >= 0.3 is 11.6 Å². The number of ether oxygens (including phenoxy) is 2. The molecule has 1 spiro atoms. The molecule has 8 rings (SSSR count). The van der Waals surface area contributed by atoms with Gasteiger partial charge in [0.2, 0.25) is 5.91 Å². The molecule has 1 aromatic heterocycles. The molecular weight excluding hydrogens is 849 g/mol. The second kappa shape index (κ2) is 18.4. The van der Waals surface area contributed by atoms with E-state index in [1.54, 1.807) is 53.6 Å². The van der Waals surface area contributed by atoms with Gasteiger partial charge in [-0.05, 0) is 81.0 Å². The average molecular weight is 907 g/mol. The largest absolute Gasteiger partial charge is 0.481 e. The van der Waals surface area contributed by atoms with Crippen LogP contribution in [0.2, 0.25) is 0 Å². The SMILES string of the molecule is C/C=C(\CCO)C(=O)O[C@]1(C)[C@@H](CO)C=C2CSS[C@@H]3C[C@H](C=O)[C@H](NC)[C@H]4CN(C(=O)CC5=C(C=C(N)NC5)[C@H]2[C@]12Cc1cc5cc(C[C@H](CO)CCO)c(=O)oc5cc1O2)[C@H]43. The fraction of sp³-hybridized carbons (Fsp3) is 0.565. The summed E-state index contributed by atoms with van der Waals surface area (Å²) in [6, 6.07) is 5.21. The molecule has 17 heteroatoms. The average Bonchev–Trinajstić information content (AvgIpc) is 3.62. The highest BCUT2D eigenvalue weighted by atomic mass is 33.1. The number of nitrogens with one attached hydrogen (secondary N) is 2. The zero-order valence-electron chi connectivity index (χ0n) is 35.8. The molecule has 1 aromatic carbocycles. The van der Waals surface area contributed by atoms with E-state index in [4.69, 9.17) is 19.6 Å². The van der Waals surface area contributed by atoms with E-state index in [0.29, 0.717) is 47.7 Å². The van der Waals surface area contributed by atoms with E-state index in [-0.39, 0.29) is 104 Å². The number of esters is 1. The lowest BCUT2D eigenvalue weighted by molar-refractivity contribution is -0.202. The summed E-state index contributed by atoms with van der Waals surface area (Å²) in [7, 11) is 5.17. The zero-order valence-corrected chi connectivity index (χ0v) is 37.5. The van der Waals surface area contributed by atoms with Gasteiger partial charge in [-0.25, -0.2) is 9.59 Å². The summed E-state index contributed by atoms with van der Waals surface area (Å²) in [6.07, 6.45) is 7.87. The van der Waals surface area contributed by atoms with Crippen molar-refractivity contribution in [2.45, 2.75) is 80.9 Å². The van der Waals surface area contributed by atoms with Crippen molar-refractivity contribution in [3.05, 3.63) is 86.1 Å². The number of rotatable bonds is 12. The van der Waals surface area contributed by atoms with E-state index in [2.05, 4.69) is 10.6 Å². The van der Waals surface area contributed by atoms with Crippen molar-refractivity contribution in [1.29, 1.82) is 0 Å². The molecule has 1 amide bonds. The van der Waals surface area contributed by atoms with Crippen molar-refractivity contribution < 1.29 is 48.7 Å². The fourth-order valence-corrected chi connectivity index (χ4v) is 14.3. The van der Waals surface area contributed by atoms with E-state index in [0.717, 1.165) is 28.6 Å². The van der Waals surface area contributed by atoms with Crippen LogP contribution in [0.3, 0.4) is 0 Å². The Bertz CT molecular complexity index is 2330. The number of aldehydes is 1. The number of carbonyl (C=O) groups excluding carboxylic acids is 3. The lowest BCUT2D eigenvalue weighted by atomic mass is 9.57. The molecule has 340 valence electrons. The van der Waals surface area contributed by atoms with Gasteiger partial charge < -0.3 is 60.4 Å². The van der Waals surface area contributed by atoms with Gasteiger partial charge in [-0.2, -0.15) is 0 Å². The maximum atomic E-state index is 14.6. The third-order valence-electron chi connectivity index (χ3n) is 14.5. The molecule has 5 heterocycles. The normalized spacial score (nSPS) is 32.0. The Morgan fingerprint density at radius 2 is 2.00 bits per heavy atom. The van der Waals surface area contributed by atoms with Gasteiger partial charge in [0.05, 0.1) is 30.8 Å². The number of hydrogen-bond donors (Lipinski definition) is 7. The molecule has 6 aliphatic rings. The third kappa shape index (κ3) is 7.95. The molecule has 0 bridgehead atoms. The van der Waals surface area contributed by atoms with Crippen LogP contribution in [-0.4, -0.2) is 124 Å². The molecule has 2 aromatic rings. The molecule has 8 N–H and O–H groups in total. The highest BCUT2D eigenvalue weighted by molar-refractivity contribution is 8.77. The van der Waals surface area contributed by atoms with Gasteiger partial charge in [0.1, 0.15) is 17.6 Å². The quantitative estimate of drug-likeness (QED) is 0.0404. The molecule has 1 saturated heterocycles. The van der Waals surface area contributed by atoms with Crippen molar-refractivity contribution in [2.24, 2.45) is 35.3 Å². The predicted octanol–water partition coefficient (Wildman–Crippen LogP) is 2.28. The Morgan fingerprint density at radius 3 is 2.70 bits per heavy atom. The standard InChI is InChI=1S/C46H58N4O11S2/c1-4-25(6-8-52)44(58)61-45(2)32(22-55)12-31-23-62-63-37-13-30(21-54)41(48-3)34-19-50(42(34)37)39(56)14-29-18-49-38(47)15-33(29)40(31)46(45)17-28-11-26-10-27(9-24(20-53)5-7-51)43(57)59-35(26)16-36(28)60-46/h4,10-12,15-16,21,24,30,32,34,37,40-42,48-49,51-53,55H,5-9,13-14,17-20,22-23,47H2,1-3H3/b25-4+/t24-,30-,32-,34-,37-,40+,41+,42-,45-,46-/m1/s1. The summed E-state index contributed by atoms with van der Waals surface area (Å²) in [6.45, 7) is 3.23. The van der Waals surface area contributed by atoms with Crippen LogP contribution >= 0.6 is 21.6 Å². The number of aliphatic hydroxyl groups excluding tert-OH is 4. The van der Waals surface area contributed by atoms with Crippen molar-refractivity contribution in [1.82, 2.24) is 15.5 Å². The van der Waals surface area contributed by atoms with Gasteiger partial charge in [0, 0.05) is 103 Å². The number of dihydropyridines is 1. The van der Waals surface area contributed by atoms with E-state index in [1.165, 1.54) is 0 Å². The van der Waals surface area contributed by atoms with Crippen molar-refractivity contribution in [3.8, 4) is 5.75 Å².